The summed E-state index contributed by atoms with van der Waals surface area (Å²) < 4.78 is 14.3. The van der Waals surface area contributed by atoms with E-state index >= 15 is 0 Å². The Labute approximate surface area is 158 Å². The number of aromatic carboxylic acids is 1. The predicted octanol–water partition coefficient (Wildman–Crippen LogP) is 3.16. The molecule has 0 radical (unpaired) electrons. The lowest BCUT2D eigenvalue weighted by Crippen LogP contribution is -2.27. The molecule has 8 heteroatoms. The normalized spacial score (nSPS) is 11.0. The highest BCUT2D eigenvalue weighted by Crippen LogP contribution is 2.26. The Morgan fingerprint density at radius 1 is 1.22 bits per heavy atom. The number of aromatic nitrogens is 2. The number of halogens is 2. The molecule has 0 saturated carbocycles. The van der Waals surface area contributed by atoms with Gasteiger partial charge in [0, 0.05) is 18.6 Å². The van der Waals surface area contributed by atoms with E-state index in [1.807, 2.05) is 0 Å². The van der Waals surface area contributed by atoms with Crippen LogP contribution in [0.25, 0.3) is 11.0 Å². The van der Waals surface area contributed by atoms with Gasteiger partial charge in [0.15, 0.2) is 11.3 Å². The van der Waals surface area contributed by atoms with Crippen molar-refractivity contribution in [2.75, 3.05) is 5.88 Å². The second-order valence-corrected chi connectivity index (χ2v) is 6.42. The number of hydrogen-bond acceptors (Lipinski definition) is 4. The monoisotopic (exact) mass is 390 g/mol. The van der Waals surface area contributed by atoms with Crippen LogP contribution in [0.5, 0.6) is 5.75 Å². The van der Waals surface area contributed by atoms with Gasteiger partial charge in [-0.1, -0.05) is 12.1 Å². The lowest BCUT2D eigenvalue weighted by Gasteiger charge is -2.13. The first kappa shape index (κ1) is 18.8. The highest BCUT2D eigenvalue weighted by molar-refractivity contribution is 6.17. The van der Waals surface area contributed by atoms with Crippen molar-refractivity contribution in [3.05, 3.63) is 69.4 Å². The van der Waals surface area contributed by atoms with Gasteiger partial charge < -0.3 is 14.8 Å². The smallest absolute Gasteiger partial charge is 0.345 e. The molecule has 0 bridgehead atoms. The first-order valence-corrected chi connectivity index (χ1v) is 8.74. The van der Waals surface area contributed by atoms with Crippen LogP contribution < -0.4 is 5.56 Å². The first-order chi connectivity index (χ1) is 12.9. The Bertz CT molecular complexity index is 1060. The summed E-state index contributed by atoms with van der Waals surface area (Å²) in [7, 11) is 0. The van der Waals surface area contributed by atoms with Crippen LogP contribution in [-0.4, -0.2) is 31.6 Å². The fourth-order valence-electron chi connectivity index (χ4n) is 2.91. The molecule has 2 heterocycles. The summed E-state index contributed by atoms with van der Waals surface area (Å²) in [6.45, 7) is 0.196. The number of carbonyl (C=O) groups is 1. The molecule has 0 unspecified atom stereocenters. The van der Waals surface area contributed by atoms with Crippen LogP contribution in [0.2, 0.25) is 0 Å². The Balaban J connectivity index is 2.16. The van der Waals surface area contributed by atoms with Crippen molar-refractivity contribution < 1.29 is 19.4 Å². The van der Waals surface area contributed by atoms with Crippen LogP contribution in [0.1, 0.15) is 27.9 Å². The molecular formula is C19H16ClFN2O4. The van der Waals surface area contributed by atoms with Crippen molar-refractivity contribution >= 4 is 28.6 Å². The minimum atomic E-state index is -1.52. The molecular weight excluding hydrogens is 375 g/mol. The summed E-state index contributed by atoms with van der Waals surface area (Å²) >= 11 is 5.71. The summed E-state index contributed by atoms with van der Waals surface area (Å²) in [5, 5.41) is 19.5. The Hall–Kier alpha value is -2.93. The second-order valence-electron chi connectivity index (χ2n) is 6.04. The van der Waals surface area contributed by atoms with Crippen molar-refractivity contribution in [3.63, 3.8) is 0 Å². The van der Waals surface area contributed by atoms with Crippen molar-refractivity contribution in [2.45, 2.75) is 19.4 Å². The molecule has 0 fully saturated rings. The number of carboxylic acids is 1. The SMILES string of the molecule is O=C(O)c1c(O)c2ncc(Cc3ccc(F)cc3)cc2n(CCCCl)c1=O. The predicted molar refractivity (Wildman–Crippen MR) is 99.2 cm³/mol. The van der Waals surface area contributed by atoms with Gasteiger partial charge in [0.25, 0.3) is 5.56 Å². The zero-order chi connectivity index (χ0) is 19.6. The molecule has 2 aromatic heterocycles. The van der Waals surface area contributed by atoms with Gasteiger partial charge in [0.2, 0.25) is 0 Å². The number of fused-ring (bicyclic) bond motifs is 1. The van der Waals surface area contributed by atoms with Gasteiger partial charge in [0.05, 0.1) is 5.52 Å². The highest BCUT2D eigenvalue weighted by Gasteiger charge is 2.22. The average molecular weight is 391 g/mol. The molecule has 140 valence electrons. The van der Waals surface area contributed by atoms with Gasteiger partial charge in [-0.05, 0) is 42.2 Å². The van der Waals surface area contributed by atoms with E-state index in [1.54, 1.807) is 18.2 Å². The number of benzene rings is 1. The van der Waals surface area contributed by atoms with E-state index in [0.717, 1.165) is 11.1 Å². The van der Waals surface area contributed by atoms with Crippen LogP contribution in [0, 0.1) is 5.82 Å². The number of aryl methyl sites for hydroxylation is 1. The Morgan fingerprint density at radius 2 is 1.93 bits per heavy atom. The minimum Gasteiger partial charge on any atom is -0.505 e. The molecule has 0 atom stereocenters. The fourth-order valence-corrected chi connectivity index (χ4v) is 3.03. The average Bonchev–Trinajstić information content (AvgIpc) is 2.63. The van der Waals surface area contributed by atoms with Crippen LogP contribution in [0.4, 0.5) is 4.39 Å². The third-order valence-corrected chi connectivity index (χ3v) is 4.45. The molecule has 3 aromatic rings. The van der Waals surface area contributed by atoms with E-state index < -0.39 is 22.8 Å². The zero-order valence-corrected chi connectivity index (χ0v) is 14.9. The van der Waals surface area contributed by atoms with Crippen molar-refractivity contribution in [1.29, 1.82) is 0 Å². The summed E-state index contributed by atoms with van der Waals surface area (Å²) in [5.74, 6) is -2.22. The Kier molecular flexibility index (Phi) is 5.41. The number of nitrogens with zero attached hydrogens (tertiary/aromatic N) is 2. The second kappa shape index (κ2) is 7.75. The molecule has 0 amide bonds. The van der Waals surface area contributed by atoms with Crippen LogP contribution in [-0.2, 0) is 13.0 Å². The third-order valence-electron chi connectivity index (χ3n) is 4.19. The number of pyridine rings is 2. The lowest BCUT2D eigenvalue weighted by molar-refractivity contribution is 0.0691. The Morgan fingerprint density at radius 3 is 2.56 bits per heavy atom. The van der Waals surface area contributed by atoms with E-state index in [4.69, 9.17) is 11.6 Å². The zero-order valence-electron chi connectivity index (χ0n) is 14.2. The molecule has 1 aromatic carbocycles. The first-order valence-electron chi connectivity index (χ1n) is 8.20. The van der Waals surface area contributed by atoms with E-state index in [0.29, 0.717) is 24.2 Å². The lowest BCUT2D eigenvalue weighted by atomic mass is 10.1. The number of hydrogen-bond donors (Lipinski definition) is 2. The fraction of sp³-hybridized carbons (Fsp3) is 0.211. The van der Waals surface area contributed by atoms with E-state index in [-0.39, 0.29) is 17.9 Å². The highest BCUT2D eigenvalue weighted by atomic mass is 35.5. The van der Waals surface area contributed by atoms with E-state index in [1.165, 1.54) is 22.9 Å². The molecule has 27 heavy (non-hydrogen) atoms. The van der Waals surface area contributed by atoms with Crippen molar-refractivity contribution in [1.82, 2.24) is 9.55 Å². The quantitative estimate of drug-likeness (QED) is 0.631. The molecule has 0 saturated heterocycles. The van der Waals surface area contributed by atoms with Gasteiger partial charge >= 0.3 is 5.97 Å². The van der Waals surface area contributed by atoms with Gasteiger partial charge in [-0.15, -0.1) is 11.6 Å². The van der Waals surface area contributed by atoms with Gasteiger partial charge in [-0.2, -0.15) is 0 Å². The largest absolute Gasteiger partial charge is 0.505 e. The standard InChI is InChI=1S/C19H16ClFN2O4/c20-6-1-7-23-14-9-12(8-11-2-4-13(21)5-3-11)10-22-16(14)17(24)15(18(23)25)19(26)27/h2-5,9-10,24H,1,6-8H2,(H,26,27). The molecule has 0 aliphatic carbocycles. The molecule has 0 aliphatic rings. The third kappa shape index (κ3) is 3.78. The maximum absolute atomic E-state index is 13.1. The molecule has 0 spiro atoms. The van der Waals surface area contributed by atoms with Crippen molar-refractivity contribution in [2.24, 2.45) is 0 Å². The van der Waals surface area contributed by atoms with Crippen LogP contribution in [0.3, 0.4) is 0 Å². The maximum atomic E-state index is 13.1. The van der Waals surface area contributed by atoms with Gasteiger partial charge in [-0.3, -0.25) is 9.78 Å². The number of rotatable bonds is 6. The number of aromatic hydroxyl groups is 1. The van der Waals surface area contributed by atoms with E-state index in [2.05, 4.69) is 4.98 Å². The van der Waals surface area contributed by atoms with Crippen LogP contribution in [0.15, 0.2) is 41.3 Å². The summed E-state index contributed by atoms with van der Waals surface area (Å²) in [6, 6.07) is 7.67. The molecule has 0 aliphatic heterocycles. The number of alkyl halides is 1. The summed E-state index contributed by atoms with van der Waals surface area (Å²) in [5.41, 5.74) is 0.417. The molecule has 6 nitrogen and oxygen atoms in total. The molecule has 3 rings (SSSR count). The summed E-state index contributed by atoms with van der Waals surface area (Å²) in [6.07, 6.45) is 2.38. The van der Waals surface area contributed by atoms with Gasteiger partial charge in [0.1, 0.15) is 11.3 Å². The van der Waals surface area contributed by atoms with Crippen LogP contribution >= 0.6 is 11.6 Å². The van der Waals surface area contributed by atoms with Gasteiger partial charge in [-0.25, -0.2) is 9.18 Å². The maximum Gasteiger partial charge on any atom is 0.345 e. The summed E-state index contributed by atoms with van der Waals surface area (Å²) in [4.78, 5) is 28.1. The minimum absolute atomic E-state index is 0.0319. The van der Waals surface area contributed by atoms with E-state index in [9.17, 15) is 24.2 Å². The van der Waals surface area contributed by atoms with Crippen molar-refractivity contribution in [3.8, 4) is 5.75 Å². The molecule has 2 N–H and O–H groups in total. The topological polar surface area (TPSA) is 92.4 Å². The number of carboxylic acid groups (broad SMARTS) is 1.